The number of hydrogen-bond acceptors (Lipinski definition) is 3. The molecule has 16 heavy (non-hydrogen) atoms. The summed E-state index contributed by atoms with van der Waals surface area (Å²) in [6.45, 7) is 7.78. The average molecular weight is 221 g/mol. The van der Waals surface area contributed by atoms with Crippen LogP contribution < -0.4 is 5.73 Å². The second-order valence-electron chi connectivity index (χ2n) is 5.07. The van der Waals surface area contributed by atoms with Crippen molar-refractivity contribution in [3.8, 4) is 5.75 Å². The zero-order valence-electron chi connectivity index (χ0n) is 10.3. The molecule has 0 spiro atoms. The van der Waals surface area contributed by atoms with Crippen LogP contribution in [0.5, 0.6) is 5.75 Å². The molecule has 0 aliphatic heterocycles. The van der Waals surface area contributed by atoms with Gasteiger partial charge in [-0.2, -0.15) is 0 Å². The van der Waals surface area contributed by atoms with Crippen molar-refractivity contribution in [2.45, 2.75) is 33.1 Å². The molecule has 3 N–H and O–H groups in total. The number of phenolic OH excluding ortho intramolecular Hbond substituents is 1. The van der Waals surface area contributed by atoms with Crippen LogP contribution in [0.15, 0.2) is 12.1 Å². The molecule has 0 aromatic heterocycles. The molecule has 0 amide bonds. The van der Waals surface area contributed by atoms with Gasteiger partial charge in [0.25, 0.3) is 0 Å². The van der Waals surface area contributed by atoms with Crippen LogP contribution in [0.4, 0.5) is 0 Å². The fourth-order valence-corrected chi connectivity index (χ4v) is 1.63. The van der Waals surface area contributed by atoms with E-state index in [0.29, 0.717) is 11.1 Å². The normalized spacial score (nSPS) is 11.6. The van der Waals surface area contributed by atoms with Gasteiger partial charge in [-0.1, -0.05) is 20.8 Å². The second-order valence-corrected chi connectivity index (χ2v) is 5.07. The lowest BCUT2D eigenvalue weighted by atomic mass is 9.83. The van der Waals surface area contributed by atoms with Crippen LogP contribution in [0.3, 0.4) is 0 Å². The molecular weight excluding hydrogens is 202 g/mol. The van der Waals surface area contributed by atoms with Crippen LogP contribution in [0.25, 0.3) is 0 Å². The molecule has 0 heterocycles. The third-order valence-electron chi connectivity index (χ3n) is 2.62. The maximum Gasteiger partial charge on any atom is 0.176 e. The first-order chi connectivity index (χ1) is 7.27. The fourth-order valence-electron chi connectivity index (χ4n) is 1.63. The quantitative estimate of drug-likeness (QED) is 0.752. The Bertz CT molecular complexity index is 417. The van der Waals surface area contributed by atoms with E-state index in [9.17, 15) is 9.90 Å². The predicted molar refractivity (Wildman–Crippen MR) is 64.9 cm³/mol. The van der Waals surface area contributed by atoms with Gasteiger partial charge in [0.1, 0.15) is 5.75 Å². The summed E-state index contributed by atoms with van der Waals surface area (Å²) in [7, 11) is 0. The van der Waals surface area contributed by atoms with E-state index < -0.39 is 0 Å². The van der Waals surface area contributed by atoms with Crippen molar-refractivity contribution in [3.05, 3.63) is 28.8 Å². The van der Waals surface area contributed by atoms with Gasteiger partial charge >= 0.3 is 0 Å². The minimum atomic E-state index is -0.195. The molecule has 1 aromatic carbocycles. The zero-order chi connectivity index (χ0) is 12.5. The number of aryl methyl sites for hydroxylation is 1. The van der Waals surface area contributed by atoms with Crippen LogP contribution in [0, 0.1) is 6.92 Å². The van der Waals surface area contributed by atoms with Gasteiger partial charge in [0.05, 0.1) is 6.54 Å². The van der Waals surface area contributed by atoms with Crippen LogP contribution >= 0.6 is 0 Å². The molecular formula is C13H19NO2. The monoisotopic (exact) mass is 221 g/mol. The lowest BCUT2D eigenvalue weighted by Gasteiger charge is -2.22. The Morgan fingerprint density at radius 1 is 1.38 bits per heavy atom. The van der Waals surface area contributed by atoms with Crippen LogP contribution in [0.2, 0.25) is 0 Å². The molecule has 0 saturated heterocycles. The van der Waals surface area contributed by atoms with Gasteiger partial charge < -0.3 is 10.8 Å². The number of hydrogen-bond donors (Lipinski definition) is 2. The van der Waals surface area contributed by atoms with Crippen molar-refractivity contribution >= 4 is 5.78 Å². The first-order valence-electron chi connectivity index (χ1n) is 5.34. The van der Waals surface area contributed by atoms with E-state index >= 15 is 0 Å². The molecule has 3 heteroatoms. The Labute approximate surface area is 96.3 Å². The van der Waals surface area contributed by atoms with Crippen molar-refractivity contribution in [3.63, 3.8) is 0 Å². The number of nitrogens with two attached hydrogens (primary N) is 1. The highest BCUT2D eigenvalue weighted by atomic mass is 16.3. The van der Waals surface area contributed by atoms with E-state index in [1.165, 1.54) is 0 Å². The summed E-state index contributed by atoms with van der Waals surface area (Å²) in [5, 5.41) is 9.97. The summed E-state index contributed by atoms with van der Waals surface area (Å²) < 4.78 is 0. The molecule has 0 atom stereocenters. The number of carbonyl (C=O) groups excluding carboxylic acids is 1. The minimum absolute atomic E-state index is 0.00615. The van der Waals surface area contributed by atoms with Gasteiger partial charge in [0, 0.05) is 11.1 Å². The Hall–Kier alpha value is -1.35. The molecule has 1 rings (SSSR count). The van der Waals surface area contributed by atoms with E-state index in [1.54, 1.807) is 19.1 Å². The SMILES string of the molecule is Cc1cc(C(=O)CN)cc(C(C)(C)C)c1O. The Morgan fingerprint density at radius 3 is 2.38 bits per heavy atom. The van der Waals surface area contributed by atoms with Crippen molar-refractivity contribution in [2.24, 2.45) is 5.73 Å². The van der Waals surface area contributed by atoms with Gasteiger partial charge in [0.2, 0.25) is 0 Å². The van der Waals surface area contributed by atoms with Gasteiger partial charge in [-0.3, -0.25) is 4.79 Å². The fraction of sp³-hybridized carbons (Fsp3) is 0.462. The maximum absolute atomic E-state index is 11.5. The lowest BCUT2D eigenvalue weighted by Crippen LogP contribution is -2.17. The van der Waals surface area contributed by atoms with E-state index in [1.807, 2.05) is 20.8 Å². The number of ketones is 1. The van der Waals surface area contributed by atoms with Crippen molar-refractivity contribution in [2.75, 3.05) is 6.54 Å². The third-order valence-corrected chi connectivity index (χ3v) is 2.62. The topological polar surface area (TPSA) is 63.3 Å². The highest BCUT2D eigenvalue weighted by Gasteiger charge is 2.21. The van der Waals surface area contributed by atoms with Gasteiger partial charge in [-0.05, 0) is 30.0 Å². The summed E-state index contributed by atoms with van der Waals surface area (Å²) in [6, 6.07) is 3.41. The van der Waals surface area contributed by atoms with Crippen LogP contribution in [-0.4, -0.2) is 17.4 Å². The number of carbonyl (C=O) groups is 1. The summed E-state index contributed by atoms with van der Waals surface area (Å²) in [4.78, 5) is 11.5. The maximum atomic E-state index is 11.5. The Kier molecular flexibility index (Phi) is 3.38. The second kappa shape index (κ2) is 4.26. The smallest absolute Gasteiger partial charge is 0.176 e. The van der Waals surface area contributed by atoms with Gasteiger partial charge in [-0.15, -0.1) is 0 Å². The standard InChI is InChI=1S/C13H19NO2/c1-8-5-9(11(15)7-14)6-10(12(8)16)13(2,3)4/h5-6,16H,7,14H2,1-4H3. The first kappa shape index (κ1) is 12.7. The van der Waals surface area contributed by atoms with Gasteiger partial charge in [-0.25, -0.2) is 0 Å². The van der Waals surface area contributed by atoms with Crippen molar-refractivity contribution in [1.29, 1.82) is 0 Å². The molecule has 0 radical (unpaired) electrons. The van der Waals surface area contributed by atoms with E-state index in [2.05, 4.69) is 0 Å². The summed E-state index contributed by atoms with van der Waals surface area (Å²) in [5.41, 5.74) is 7.21. The molecule has 0 aliphatic rings. The molecule has 0 fully saturated rings. The third kappa shape index (κ3) is 2.42. The number of rotatable bonds is 2. The predicted octanol–water partition coefficient (Wildman–Crippen LogP) is 2.14. The molecule has 0 bridgehead atoms. The molecule has 0 aliphatic carbocycles. The van der Waals surface area contributed by atoms with E-state index in [0.717, 1.165) is 5.56 Å². The van der Waals surface area contributed by atoms with Crippen molar-refractivity contribution < 1.29 is 9.90 Å². The average Bonchev–Trinajstić information content (AvgIpc) is 2.18. The highest BCUT2D eigenvalue weighted by molar-refractivity contribution is 5.98. The van der Waals surface area contributed by atoms with Crippen LogP contribution in [-0.2, 0) is 5.41 Å². The van der Waals surface area contributed by atoms with Crippen molar-refractivity contribution in [1.82, 2.24) is 0 Å². The minimum Gasteiger partial charge on any atom is -0.507 e. The number of benzene rings is 1. The highest BCUT2D eigenvalue weighted by Crippen LogP contribution is 2.34. The molecule has 0 unspecified atom stereocenters. The molecule has 3 nitrogen and oxygen atoms in total. The number of aromatic hydroxyl groups is 1. The Balaban J connectivity index is 3.39. The summed E-state index contributed by atoms with van der Waals surface area (Å²) in [6.07, 6.45) is 0. The van der Waals surface area contributed by atoms with E-state index in [4.69, 9.17) is 5.73 Å². The zero-order valence-corrected chi connectivity index (χ0v) is 10.3. The lowest BCUT2D eigenvalue weighted by molar-refractivity contribution is 0.100. The Morgan fingerprint density at radius 2 is 1.94 bits per heavy atom. The first-order valence-corrected chi connectivity index (χ1v) is 5.34. The summed E-state index contributed by atoms with van der Waals surface area (Å²) in [5.74, 6) is 0.162. The number of phenols is 1. The van der Waals surface area contributed by atoms with E-state index in [-0.39, 0.29) is 23.5 Å². The molecule has 1 aromatic rings. The molecule has 0 saturated carbocycles. The van der Waals surface area contributed by atoms with Crippen LogP contribution in [0.1, 0.15) is 42.3 Å². The summed E-state index contributed by atoms with van der Waals surface area (Å²) >= 11 is 0. The largest absolute Gasteiger partial charge is 0.507 e. The molecule has 88 valence electrons. The van der Waals surface area contributed by atoms with Gasteiger partial charge in [0.15, 0.2) is 5.78 Å². The number of Topliss-reactive ketones (excluding diaryl/α,β-unsaturated/α-hetero) is 1.